The lowest BCUT2D eigenvalue weighted by atomic mass is 9.71. The summed E-state index contributed by atoms with van der Waals surface area (Å²) in [6.45, 7) is 4.37. The normalized spacial score (nSPS) is 23.1. The Hall–Kier alpha value is -1.95. The number of hydrogen-bond acceptors (Lipinski definition) is 4. The molecule has 2 aliphatic heterocycles. The summed E-state index contributed by atoms with van der Waals surface area (Å²) >= 11 is 0. The van der Waals surface area contributed by atoms with Crippen LogP contribution in [0, 0.1) is 18.3 Å². The summed E-state index contributed by atoms with van der Waals surface area (Å²) in [6, 6.07) is 3.68. The van der Waals surface area contributed by atoms with Crippen LogP contribution in [-0.4, -0.2) is 55.0 Å². The monoisotopic (exact) mass is 317 g/mol. The molecule has 6 nitrogen and oxygen atoms in total. The molecule has 1 N–H and O–H groups in total. The lowest BCUT2D eigenvalue weighted by Crippen LogP contribution is -2.47. The van der Waals surface area contributed by atoms with Crippen molar-refractivity contribution >= 4 is 11.8 Å². The maximum atomic E-state index is 12.6. The van der Waals surface area contributed by atoms with Gasteiger partial charge < -0.3 is 15.0 Å². The van der Waals surface area contributed by atoms with Gasteiger partial charge in [-0.2, -0.15) is 0 Å². The van der Waals surface area contributed by atoms with Crippen molar-refractivity contribution in [3.05, 3.63) is 29.6 Å². The van der Waals surface area contributed by atoms with Gasteiger partial charge in [0.1, 0.15) is 0 Å². The summed E-state index contributed by atoms with van der Waals surface area (Å²) < 4.78 is 5.23. The van der Waals surface area contributed by atoms with Crippen molar-refractivity contribution in [2.24, 2.45) is 11.3 Å². The highest BCUT2D eigenvalue weighted by molar-refractivity contribution is 5.94. The van der Waals surface area contributed by atoms with Crippen LogP contribution >= 0.6 is 0 Å². The fourth-order valence-corrected chi connectivity index (χ4v) is 3.66. The molecular formula is C17H23N3O3. The molecule has 0 unspecified atom stereocenters. The van der Waals surface area contributed by atoms with Gasteiger partial charge in [0.25, 0.3) is 5.91 Å². The van der Waals surface area contributed by atoms with Gasteiger partial charge in [0.15, 0.2) is 0 Å². The smallest absolute Gasteiger partial charge is 0.255 e. The third kappa shape index (κ3) is 2.95. The molecule has 1 atom stereocenters. The number of likely N-dealkylation sites (tertiary alicyclic amines) is 1. The predicted molar refractivity (Wildman–Crippen MR) is 84.9 cm³/mol. The van der Waals surface area contributed by atoms with E-state index in [1.54, 1.807) is 13.3 Å². The van der Waals surface area contributed by atoms with Crippen molar-refractivity contribution in [2.45, 2.75) is 19.8 Å². The number of carbonyl (C=O) groups is 2. The Labute approximate surface area is 136 Å². The minimum absolute atomic E-state index is 0.0212. The van der Waals surface area contributed by atoms with Gasteiger partial charge in [-0.3, -0.25) is 14.6 Å². The second kappa shape index (κ2) is 6.28. The molecule has 124 valence electrons. The number of pyridine rings is 1. The summed E-state index contributed by atoms with van der Waals surface area (Å²) in [5, 5.41) is 2.96. The highest BCUT2D eigenvalue weighted by Crippen LogP contribution is 2.42. The quantitative estimate of drug-likeness (QED) is 0.903. The van der Waals surface area contributed by atoms with Crippen LogP contribution in [0.4, 0.5) is 0 Å². The van der Waals surface area contributed by atoms with Crippen LogP contribution in [0.5, 0.6) is 0 Å². The average molecular weight is 317 g/mol. The number of aryl methyl sites for hydroxylation is 1. The van der Waals surface area contributed by atoms with E-state index in [1.807, 2.05) is 24.0 Å². The topological polar surface area (TPSA) is 71.5 Å². The van der Waals surface area contributed by atoms with Gasteiger partial charge in [0.2, 0.25) is 5.91 Å². The van der Waals surface area contributed by atoms with Crippen molar-refractivity contribution in [1.29, 1.82) is 0 Å². The van der Waals surface area contributed by atoms with Gasteiger partial charge in [0.05, 0.1) is 18.1 Å². The van der Waals surface area contributed by atoms with Crippen LogP contribution < -0.4 is 5.32 Å². The van der Waals surface area contributed by atoms with E-state index in [-0.39, 0.29) is 23.1 Å². The number of piperidine rings is 1. The van der Waals surface area contributed by atoms with E-state index < -0.39 is 0 Å². The molecule has 3 rings (SSSR count). The first kappa shape index (κ1) is 15.9. The fourth-order valence-electron chi connectivity index (χ4n) is 3.66. The zero-order valence-electron chi connectivity index (χ0n) is 13.7. The fraction of sp³-hybridized carbons (Fsp3) is 0.588. The molecule has 2 aliphatic rings. The van der Waals surface area contributed by atoms with E-state index in [0.29, 0.717) is 31.8 Å². The van der Waals surface area contributed by atoms with Gasteiger partial charge in [-0.15, -0.1) is 0 Å². The molecule has 2 amide bonds. The Balaban J connectivity index is 1.67. The summed E-state index contributed by atoms with van der Waals surface area (Å²) in [5.41, 5.74) is 1.45. The first-order valence-electron chi connectivity index (χ1n) is 8.04. The average Bonchev–Trinajstić information content (AvgIpc) is 2.86. The van der Waals surface area contributed by atoms with Crippen molar-refractivity contribution in [3.63, 3.8) is 0 Å². The molecule has 23 heavy (non-hydrogen) atoms. The van der Waals surface area contributed by atoms with Crippen LogP contribution in [0.1, 0.15) is 28.9 Å². The summed E-state index contributed by atoms with van der Waals surface area (Å²) in [5.74, 6) is -0.00641. The number of aromatic nitrogens is 1. The highest BCUT2D eigenvalue weighted by Gasteiger charge is 2.49. The van der Waals surface area contributed by atoms with Crippen molar-refractivity contribution in [3.8, 4) is 0 Å². The third-order valence-corrected chi connectivity index (χ3v) is 5.21. The molecule has 6 heteroatoms. The molecule has 0 saturated carbocycles. The molecular weight excluding hydrogens is 294 g/mol. The second-order valence-corrected chi connectivity index (χ2v) is 6.57. The summed E-state index contributed by atoms with van der Waals surface area (Å²) in [6.07, 6.45) is 3.28. The lowest BCUT2D eigenvalue weighted by molar-refractivity contribution is -0.126. The van der Waals surface area contributed by atoms with E-state index in [4.69, 9.17) is 4.74 Å². The zero-order chi connectivity index (χ0) is 16.4. The maximum Gasteiger partial charge on any atom is 0.255 e. The third-order valence-electron chi connectivity index (χ3n) is 5.21. The van der Waals surface area contributed by atoms with E-state index in [1.165, 1.54) is 0 Å². The lowest BCUT2D eigenvalue weighted by Gasteiger charge is -2.41. The van der Waals surface area contributed by atoms with Crippen molar-refractivity contribution < 1.29 is 14.3 Å². The van der Waals surface area contributed by atoms with Crippen LogP contribution in [0.3, 0.4) is 0 Å². The van der Waals surface area contributed by atoms with E-state index in [2.05, 4.69) is 10.3 Å². The minimum Gasteiger partial charge on any atom is -0.384 e. The largest absolute Gasteiger partial charge is 0.384 e. The Bertz CT molecular complexity index is 592. The van der Waals surface area contributed by atoms with Crippen LogP contribution in [0.15, 0.2) is 18.3 Å². The number of carbonyl (C=O) groups excluding carboxylic acids is 2. The second-order valence-electron chi connectivity index (χ2n) is 6.57. The summed E-state index contributed by atoms with van der Waals surface area (Å²) in [7, 11) is 1.63. The number of nitrogens with zero attached hydrogens (tertiary/aromatic N) is 2. The standard InChI is InChI=1S/C17H23N3O3/c1-12-3-4-13(9-18-12)16(22)20-7-5-17(6-8-20)11-19-15(21)14(17)10-23-2/h3-4,9,14H,5-8,10-11H2,1-2H3,(H,19,21)/t14-/m0/s1. The summed E-state index contributed by atoms with van der Waals surface area (Å²) in [4.78, 5) is 30.7. The molecule has 0 aromatic carbocycles. The number of amides is 2. The minimum atomic E-state index is -0.106. The highest BCUT2D eigenvalue weighted by atomic mass is 16.5. The number of ether oxygens (including phenoxy) is 1. The Morgan fingerprint density at radius 3 is 2.78 bits per heavy atom. The van der Waals surface area contributed by atoms with E-state index in [0.717, 1.165) is 18.5 Å². The number of rotatable bonds is 3. The van der Waals surface area contributed by atoms with E-state index >= 15 is 0 Å². The number of hydrogen-bond donors (Lipinski definition) is 1. The van der Waals surface area contributed by atoms with Gasteiger partial charge in [-0.25, -0.2) is 0 Å². The number of methoxy groups -OCH3 is 1. The van der Waals surface area contributed by atoms with Crippen LogP contribution in [-0.2, 0) is 9.53 Å². The van der Waals surface area contributed by atoms with Gasteiger partial charge in [-0.1, -0.05) is 0 Å². The zero-order valence-corrected chi connectivity index (χ0v) is 13.7. The molecule has 2 saturated heterocycles. The van der Waals surface area contributed by atoms with E-state index in [9.17, 15) is 9.59 Å². The molecule has 0 radical (unpaired) electrons. The molecule has 0 aliphatic carbocycles. The Morgan fingerprint density at radius 1 is 1.43 bits per heavy atom. The molecule has 3 heterocycles. The van der Waals surface area contributed by atoms with Crippen molar-refractivity contribution in [1.82, 2.24) is 15.2 Å². The number of nitrogens with one attached hydrogen (secondary N) is 1. The molecule has 1 aromatic rings. The molecule has 1 spiro atoms. The first-order chi connectivity index (χ1) is 11.1. The Morgan fingerprint density at radius 2 is 2.17 bits per heavy atom. The van der Waals surface area contributed by atoms with Gasteiger partial charge in [0, 0.05) is 44.0 Å². The molecule has 0 bridgehead atoms. The predicted octanol–water partition coefficient (Wildman–Crippen LogP) is 1.00. The molecule has 2 fully saturated rings. The van der Waals surface area contributed by atoms with Crippen LogP contribution in [0.2, 0.25) is 0 Å². The van der Waals surface area contributed by atoms with Gasteiger partial charge >= 0.3 is 0 Å². The molecule has 1 aromatic heterocycles. The van der Waals surface area contributed by atoms with Gasteiger partial charge in [-0.05, 0) is 31.9 Å². The SMILES string of the molecule is COC[C@H]1C(=O)NCC12CCN(C(=O)c1ccc(C)nc1)CC2. The first-order valence-corrected chi connectivity index (χ1v) is 8.04. The Kier molecular flexibility index (Phi) is 4.35. The maximum absolute atomic E-state index is 12.6. The van der Waals surface area contributed by atoms with Crippen molar-refractivity contribution in [2.75, 3.05) is 33.4 Å². The van der Waals surface area contributed by atoms with Crippen LogP contribution in [0.25, 0.3) is 0 Å².